The molecule has 0 atom stereocenters. The van der Waals surface area contributed by atoms with E-state index in [1.54, 1.807) is 18.2 Å². The number of para-hydroxylation sites is 1. The van der Waals surface area contributed by atoms with Gasteiger partial charge in [-0.3, -0.25) is 4.79 Å². The molecule has 0 aromatic heterocycles. The average molecular weight is 253 g/mol. The van der Waals surface area contributed by atoms with Crippen molar-refractivity contribution < 1.29 is 19.0 Å². The minimum atomic E-state index is -0.182. The minimum Gasteiger partial charge on any atom is -0.493 e. The Hall–Kier alpha value is -1.91. The van der Waals surface area contributed by atoms with Gasteiger partial charge in [0.25, 0.3) is 5.91 Å². The van der Waals surface area contributed by atoms with Crippen LogP contribution in [-0.4, -0.2) is 32.8 Å². The molecule has 5 heteroatoms. The highest BCUT2D eigenvalue weighted by Gasteiger charge is 2.13. The highest BCUT2D eigenvalue weighted by atomic mass is 16.5. The number of rotatable bonds is 6. The summed E-state index contributed by atoms with van der Waals surface area (Å²) in [6.45, 7) is 3.71. The normalized spacial score (nSPS) is 10.1. The molecule has 0 aliphatic heterocycles. The maximum atomic E-state index is 11.5. The predicted molar refractivity (Wildman–Crippen MR) is 68.3 cm³/mol. The quantitative estimate of drug-likeness (QED) is 0.836. The van der Waals surface area contributed by atoms with Gasteiger partial charge in [-0.15, -0.1) is 0 Å². The highest BCUT2D eigenvalue weighted by Crippen LogP contribution is 2.36. The van der Waals surface area contributed by atoms with Crippen molar-refractivity contribution in [2.24, 2.45) is 0 Å². The topological polar surface area (TPSA) is 56.8 Å². The molecule has 0 unspecified atom stereocenters. The van der Waals surface area contributed by atoms with E-state index in [9.17, 15) is 4.79 Å². The summed E-state index contributed by atoms with van der Waals surface area (Å²) >= 11 is 0. The van der Waals surface area contributed by atoms with Crippen LogP contribution in [0.15, 0.2) is 18.2 Å². The van der Waals surface area contributed by atoms with Crippen LogP contribution in [-0.2, 0) is 4.79 Å². The lowest BCUT2D eigenvalue weighted by Gasteiger charge is -2.14. The fourth-order valence-electron chi connectivity index (χ4n) is 1.46. The van der Waals surface area contributed by atoms with Gasteiger partial charge in [-0.25, -0.2) is 0 Å². The van der Waals surface area contributed by atoms with Gasteiger partial charge >= 0.3 is 0 Å². The van der Waals surface area contributed by atoms with E-state index in [2.05, 4.69) is 5.32 Å². The van der Waals surface area contributed by atoms with Gasteiger partial charge in [-0.05, 0) is 26.0 Å². The summed E-state index contributed by atoms with van der Waals surface area (Å²) in [7, 11) is 3.08. The molecule has 0 heterocycles. The van der Waals surface area contributed by atoms with Crippen molar-refractivity contribution >= 4 is 5.91 Å². The van der Waals surface area contributed by atoms with E-state index in [0.29, 0.717) is 17.2 Å². The number of methoxy groups -OCH3 is 2. The molecule has 0 saturated heterocycles. The third kappa shape index (κ3) is 3.84. The first-order chi connectivity index (χ1) is 8.58. The molecule has 0 bridgehead atoms. The summed E-state index contributed by atoms with van der Waals surface area (Å²) in [5.41, 5.74) is 0. The number of nitrogens with one attached hydrogen (secondary N) is 1. The first-order valence-electron chi connectivity index (χ1n) is 5.71. The van der Waals surface area contributed by atoms with Crippen LogP contribution < -0.4 is 19.5 Å². The highest BCUT2D eigenvalue weighted by molar-refractivity contribution is 5.78. The Kier molecular flexibility index (Phi) is 5.30. The number of benzene rings is 1. The lowest BCUT2D eigenvalue weighted by molar-refractivity contribution is -0.123. The zero-order chi connectivity index (χ0) is 13.5. The summed E-state index contributed by atoms with van der Waals surface area (Å²) in [5, 5.41) is 2.74. The summed E-state index contributed by atoms with van der Waals surface area (Å²) in [6.07, 6.45) is 0. The number of hydrogen-bond donors (Lipinski definition) is 1. The van der Waals surface area contributed by atoms with Gasteiger partial charge in [0.15, 0.2) is 18.1 Å². The second kappa shape index (κ2) is 6.74. The molecule has 0 saturated carbocycles. The van der Waals surface area contributed by atoms with Crippen molar-refractivity contribution in [3.8, 4) is 17.2 Å². The van der Waals surface area contributed by atoms with E-state index in [4.69, 9.17) is 14.2 Å². The lowest BCUT2D eigenvalue weighted by Crippen LogP contribution is -2.34. The van der Waals surface area contributed by atoms with Crippen molar-refractivity contribution in [1.82, 2.24) is 5.32 Å². The van der Waals surface area contributed by atoms with Crippen LogP contribution in [0.2, 0.25) is 0 Å². The van der Waals surface area contributed by atoms with Crippen molar-refractivity contribution in [1.29, 1.82) is 0 Å². The van der Waals surface area contributed by atoms with E-state index >= 15 is 0 Å². The van der Waals surface area contributed by atoms with Crippen molar-refractivity contribution in [2.75, 3.05) is 20.8 Å². The lowest BCUT2D eigenvalue weighted by atomic mass is 10.3. The first-order valence-corrected chi connectivity index (χ1v) is 5.71. The fraction of sp³-hybridized carbons (Fsp3) is 0.462. The Bertz CT molecular complexity index is 382. The molecular formula is C13H19NO4. The predicted octanol–water partition coefficient (Wildman–Crippen LogP) is 1.61. The van der Waals surface area contributed by atoms with Crippen LogP contribution in [0, 0.1) is 0 Å². The van der Waals surface area contributed by atoms with Crippen molar-refractivity contribution in [3.05, 3.63) is 18.2 Å². The van der Waals surface area contributed by atoms with Crippen LogP contribution in [0.1, 0.15) is 13.8 Å². The molecule has 0 spiro atoms. The molecule has 1 amide bonds. The average Bonchev–Trinajstić information content (AvgIpc) is 2.34. The largest absolute Gasteiger partial charge is 0.493 e. The second-order valence-corrected chi connectivity index (χ2v) is 4.00. The Labute approximate surface area is 107 Å². The number of ether oxygens (including phenoxy) is 3. The minimum absolute atomic E-state index is 0.0745. The zero-order valence-corrected chi connectivity index (χ0v) is 11.1. The van der Waals surface area contributed by atoms with E-state index in [1.165, 1.54) is 14.2 Å². The molecule has 0 aliphatic carbocycles. The third-order valence-electron chi connectivity index (χ3n) is 2.18. The number of carbonyl (C=O) groups is 1. The first kappa shape index (κ1) is 14.2. The smallest absolute Gasteiger partial charge is 0.258 e. The van der Waals surface area contributed by atoms with Crippen LogP contribution >= 0.6 is 0 Å². The monoisotopic (exact) mass is 253 g/mol. The number of carbonyl (C=O) groups excluding carboxylic acids is 1. The van der Waals surface area contributed by atoms with Crippen LogP contribution in [0.3, 0.4) is 0 Å². The fourth-order valence-corrected chi connectivity index (χ4v) is 1.46. The standard InChI is InChI=1S/C13H19NO4/c1-9(2)14-12(15)8-18-13-10(16-3)6-5-7-11(13)17-4/h5-7,9H,8H2,1-4H3,(H,14,15). The van der Waals surface area contributed by atoms with Gasteiger partial charge in [-0.2, -0.15) is 0 Å². The molecular weight excluding hydrogens is 234 g/mol. The number of hydrogen-bond acceptors (Lipinski definition) is 4. The molecule has 1 N–H and O–H groups in total. The maximum Gasteiger partial charge on any atom is 0.258 e. The van der Waals surface area contributed by atoms with Crippen LogP contribution in [0.25, 0.3) is 0 Å². The molecule has 5 nitrogen and oxygen atoms in total. The molecule has 18 heavy (non-hydrogen) atoms. The summed E-state index contributed by atoms with van der Waals surface area (Å²) < 4.78 is 15.8. The van der Waals surface area contributed by atoms with Gasteiger partial charge in [-0.1, -0.05) is 6.07 Å². The van der Waals surface area contributed by atoms with Gasteiger partial charge in [0.05, 0.1) is 14.2 Å². The summed E-state index contributed by atoms with van der Waals surface area (Å²) in [5.74, 6) is 1.32. The van der Waals surface area contributed by atoms with E-state index in [-0.39, 0.29) is 18.6 Å². The Balaban J connectivity index is 2.74. The van der Waals surface area contributed by atoms with Gasteiger partial charge in [0.1, 0.15) is 0 Å². The van der Waals surface area contributed by atoms with Gasteiger partial charge in [0.2, 0.25) is 5.75 Å². The molecule has 0 radical (unpaired) electrons. The Morgan fingerprint density at radius 3 is 2.22 bits per heavy atom. The second-order valence-electron chi connectivity index (χ2n) is 4.00. The molecule has 1 aromatic carbocycles. The molecule has 1 aromatic rings. The number of amides is 1. The molecule has 1 rings (SSSR count). The van der Waals surface area contributed by atoms with E-state index in [0.717, 1.165) is 0 Å². The summed E-state index contributed by atoms with van der Waals surface area (Å²) in [4.78, 5) is 11.5. The van der Waals surface area contributed by atoms with Crippen molar-refractivity contribution in [2.45, 2.75) is 19.9 Å². The molecule has 100 valence electrons. The third-order valence-corrected chi connectivity index (χ3v) is 2.18. The van der Waals surface area contributed by atoms with Gasteiger partial charge in [0, 0.05) is 6.04 Å². The zero-order valence-electron chi connectivity index (χ0n) is 11.1. The Morgan fingerprint density at radius 1 is 1.22 bits per heavy atom. The summed E-state index contributed by atoms with van der Waals surface area (Å²) in [6, 6.07) is 5.37. The Morgan fingerprint density at radius 2 is 1.78 bits per heavy atom. The SMILES string of the molecule is COc1cccc(OC)c1OCC(=O)NC(C)C. The molecule has 0 aliphatic rings. The van der Waals surface area contributed by atoms with Gasteiger partial charge < -0.3 is 19.5 Å². The van der Waals surface area contributed by atoms with Crippen molar-refractivity contribution in [3.63, 3.8) is 0 Å². The van der Waals surface area contributed by atoms with Crippen LogP contribution in [0.5, 0.6) is 17.2 Å². The van der Waals surface area contributed by atoms with Crippen LogP contribution in [0.4, 0.5) is 0 Å². The molecule has 0 fully saturated rings. The maximum absolute atomic E-state index is 11.5. The van der Waals surface area contributed by atoms with E-state index < -0.39 is 0 Å². The van der Waals surface area contributed by atoms with E-state index in [1.807, 2.05) is 13.8 Å².